The zero-order chi connectivity index (χ0) is 14.5. The van der Waals surface area contributed by atoms with Crippen molar-refractivity contribution >= 4 is 16.5 Å². The van der Waals surface area contributed by atoms with Crippen LogP contribution in [0.4, 0.5) is 5.69 Å². The van der Waals surface area contributed by atoms with Crippen LogP contribution in [0.3, 0.4) is 0 Å². The number of nitrogens with one attached hydrogen (secondary N) is 1. The van der Waals surface area contributed by atoms with Gasteiger partial charge in [-0.15, -0.1) is 0 Å². The molecule has 0 aromatic heterocycles. The summed E-state index contributed by atoms with van der Waals surface area (Å²) in [6.45, 7) is 4.72. The summed E-state index contributed by atoms with van der Waals surface area (Å²) < 4.78 is 0. The molecule has 3 heteroatoms. The quantitative estimate of drug-likeness (QED) is 0.872. The van der Waals surface area contributed by atoms with E-state index in [1.54, 1.807) is 0 Å². The maximum Gasteiger partial charge on any atom is 0.0998 e. The van der Waals surface area contributed by atoms with Crippen LogP contribution >= 0.6 is 0 Å². The fraction of sp³-hybridized carbons (Fsp3) is 0.353. The minimum atomic E-state index is -0.357. The molecule has 0 aliphatic carbocycles. The first-order valence-corrected chi connectivity index (χ1v) is 6.95. The lowest BCUT2D eigenvalue weighted by Crippen LogP contribution is -2.21. The van der Waals surface area contributed by atoms with E-state index in [4.69, 9.17) is 5.26 Å². The summed E-state index contributed by atoms with van der Waals surface area (Å²) in [5.41, 5.74) is 1.64. The van der Waals surface area contributed by atoms with Gasteiger partial charge in [-0.1, -0.05) is 38.1 Å². The Morgan fingerprint density at radius 1 is 1.15 bits per heavy atom. The van der Waals surface area contributed by atoms with Crippen molar-refractivity contribution in [1.29, 1.82) is 5.26 Å². The molecule has 0 fully saturated rings. The van der Waals surface area contributed by atoms with E-state index in [1.807, 2.05) is 36.4 Å². The molecule has 2 N–H and O–H groups in total. The maximum absolute atomic E-state index is 9.94. The lowest BCUT2D eigenvalue weighted by Gasteiger charge is -2.16. The van der Waals surface area contributed by atoms with Crippen LogP contribution in [0.2, 0.25) is 0 Å². The third-order valence-corrected chi connectivity index (χ3v) is 3.32. The largest absolute Gasteiger partial charge is 0.391 e. The smallest absolute Gasteiger partial charge is 0.0998 e. The Morgan fingerprint density at radius 3 is 2.50 bits per heavy atom. The summed E-state index contributed by atoms with van der Waals surface area (Å²) >= 11 is 0. The minimum absolute atomic E-state index is 0.357. The highest BCUT2D eigenvalue weighted by Gasteiger charge is 2.09. The molecule has 0 radical (unpaired) electrons. The highest BCUT2D eigenvalue weighted by atomic mass is 16.3. The number of fused-ring (bicyclic) bond motifs is 1. The van der Waals surface area contributed by atoms with Gasteiger partial charge in [-0.25, -0.2) is 0 Å². The Balaban J connectivity index is 2.21. The zero-order valence-corrected chi connectivity index (χ0v) is 11.9. The van der Waals surface area contributed by atoms with Crippen LogP contribution in [0.15, 0.2) is 36.4 Å². The van der Waals surface area contributed by atoms with E-state index in [0.717, 1.165) is 22.9 Å². The fourth-order valence-electron chi connectivity index (χ4n) is 2.41. The molecule has 1 unspecified atom stereocenters. The van der Waals surface area contributed by atoms with E-state index < -0.39 is 0 Å². The lowest BCUT2D eigenvalue weighted by atomic mass is 10.0. The van der Waals surface area contributed by atoms with Gasteiger partial charge in [0.25, 0.3) is 0 Å². The molecule has 0 aliphatic heterocycles. The van der Waals surface area contributed by atoms with Gasteiger partial charge in [0.05, 0.1) is 17.7 Å². The second kappa shape index (κ2) is 6.40. The number of hydrogen-bond donors (Lipinski definition) is 2. The maximum atomic E-state index is 9.94. The van der Waals surface area contributed by atoms with Crippen LogP contribution in [0.5, 0.6) is 0 Å². The number of nitrogens with zero attached hydrogens (tertiary/aromatic N) is 1. The van der Waals surface area contributed by atoms with Gasteiger partial charge in [0.2, 0.25) is 0 Å². The first-order valence-electron chi connectivity index (χ1n) is 6.95. The summed E-state index contributed by atoms with van der Waals surface area (Å²) in [6, 6.07) is 13.8. The molecule has 0 saturated heterocycles. The van der Waals surface area contributed by atoms with Gasteiger partial charge in [-0.2, -0.15) is 5.26 Å². The topological polar surface area (TPSA) is 56.0 Å². The van der Waals surface area contributed by atoms with Crippen LogP contribution < -0.4 is 5.32 Å². The van der Waals surface area contributed by atoms with Crippen molar-refractivity contribution in [3.8, 4) is 6.07 Å². The van der Waals surface area contributed by atoms with Gasteiger partial charge in [0.1, 0.15) is 0 Å². The summed E-state index contributed by atoms with van der Waals surface area (Å²) in [7, 11) is 0. The predicted molar refractivity (Wildman–Crippen MR) is 82.6 cm³/mol. The van der Waals surface area contributed by atoms with Crippen LogP contribution in [0, 0.1) is 17.2 Å². The van der Waals surface area contributed by atoms with Crippen molar-refractivity contribution < 1.29 is 5.11 Å². The number of aliphatic hydroxyl groups is 1. The fourth-order valence-corrected chi connectivity index (χ4v) is 2.41. The molecule has 0 spiro atoms. The van der Waals surface area contributed by atoms with Gasteiger partial charge >= 0.3 is 0 Å². The van der Waals surface area contributed by atoms with E-state index in [2.05, 4.69) is 25.2 Å². The van der Waals surface area contributed by atoms with Gasteiger partial charge in [-0.3, -0.25) is 0 Å². The minimum Gasteiger partial charge on any atom is -0.391 e. The molecule has 0 aliphatic rings. The van der Waals surface area contributed by atoms with Crippen molar-refractivity contribution in [3.63, 3.8) is 0 Å². The number of hydrogen-bond acceptors (Lipinski definition) is 3. The van der Waals surface area contributed by atoms with Crippen LogP contribution in [-0.2, 0) is 0 Å². The van der Waals surface area contributed by atoms with Gasteiger partial charge in [0.15, 0.2) is 0 Å². The van der Waals surface area contributed by atoms with Crippen molar-refractivity contribution in [2.24, 2.45) is 5.92 Å². The Bertz CT molecular complexity index is 628. The van der Waals surface area contributed by atoms with Crippen LogP contribution in [0.1, 0.15) is 25.8 Å². The molecule has 2 rings (SSSR count). The first kappa shape index (κ1) is 14.4. The summed E-state index contributed by atoms with van der Waals surface area (Å²) in [5.74, 6) is 0.476. The van der Waals surface area contributed by atoms with Crippen molar-refractivity contribution in [3.05, 3.63) is 42.0 Å². The number of benzene rings is 2. The highest BCUT2D eigenvalue weighted by Crippen LogP contribution is 2.26. The average Bonchev–Trinajstić information content (AvgIpc) is 2.44. The summed E-state index contributed by atoms with van der Waals surface area (Å²) in [5, 5.41) is 24.3. The monoisotopic (exact) mass is 268 g/mol. The van der Waals surface area contributed by atoms with E-state index in [1.165, 1.54) is 0 Å². The van der Waals surface area contributed by atoms with E-state index >= 15 is 0 Å². The summed E-state index contributed by atoms with van der Waals surface area (Å²) in [6.07, 6.45) is 0.422. The Morgan fingerprint density at radius 2 is 1.85 bits per heavy atom. The molecular weight excluding hydrogens is 248 g/mol. The van der Waals surface area contributed by atoms with Gasteiger partial charge < -0.3 is 10.4 Å². The standard InChI is InChI=1S/C17H20N2O/c1-12(2)9-14(20)11-19-17-8-7-13(10-18)15-5-3-4-6-16(15)17/h3-8,12,14,19-20H,9,11H2,1-2H3. The Kier molecular flexibility index (Phi) is 4.60. The summed E-state index contributed by atoms with van der Waals surface area (Å²) in [4.78, 5) is 0. The van der Waals surface area contributed by atoms with E-state index in [0.29, 0.717) is 18.0 Å². The molecular formula is C17H20N2O. The number of nitriles is 1. The molecule has 0 saturated carbocycles. The molecule has 20 heavy (non-hydrogen) atoms. The number of anilines is 1. The van der Waals surface area contributed by atoms with Gasteiger partial charge in [0, 0.05) is 23.0 Å². The molecule has 3 nitrogen and oxygen atoms in total. The molecule has 0 bridgehead atoms. The van der Waals surface area contributed by atoms with Gasteiger partial charge in [-0.05, 0) is 24.5 Å². The third kappa shape index (κ3) is 3.28. The van der Waals surface area contributed by atoms with Crippen LogP contribution in [0.25, 0.3) is 10.8 Å². The molecule has 2 aromatic rings. The molecule has 104 valence electrons. The van der Waals surface area contributed by atoms with Crippen molar-refractivity contribution in [1.82, 2.24) is 0 Å². The predicted octanol–water partition coefficient (Wildman–Crippen LogP) is 3.53. The highest BCUT2D eigenvalue weighted by molar-refractivity contribution is 5.97. The first-order chi connectivity index (χ1) is 9.61. The lowest BCUT2D eigenvalue weighted by molar-refractivity contribution is 0.161. The molecule has 2 aromatic carbocycles. The third-order valence-electron chi connectivity index (χ3n) is 3.32. The van der Waals surface area contributed by atoms with Crippen LogP contribution in [-0.4, -0.2) is 17.8 Å². The normalized spacial score (nSPS) is 12.3. The number of rotatable bonds is 5. The van der Waals surface area contributed by atoms with Crippen molar-refractivity contribution in [2.75, 3.05) is 11.9 Å². The average molecular weight is 268 g/mol. The molecule has 0 heterocycles. The van der Waals surface area contributed by atoms with E-state index in [-0.39, 0.29) is 6.10 Å². The Labute approximate surface area is 119 Å². The zero-order valence-electron chi connectivity index (χ0n) is 11.9. The SMILES string of the molecule is CC(C)CC(O)CNc1ccc(C#N)c2ccccc12. The second-order valence-corrected chi connectivity index (χ2v) is 5.48. The second-order valence-electron chi connectivity index (χ2n) is 5.48. The molecule has 0 amide bonds. The Hall–Kier alpha value is -2.05. The number of aliphatic hydroxyl groups excluding tert-OH is 1. The van der Waals surface area contributed by atoms with Crippen molar-refractivity contribution in [2.45, 2.75) is 26.4 Å². The van der Waals surface area contributed by atoms with E-state index in [9.17, 15) is 5.11 Å². The molecule has 1 atom stereocenters.